The Kier molecular flexibility index (Phi) is 7.89. The summed E-state index contributed by atoms with van der Waals surface area (Å²) in [5.41, 5.74) is 3.31. The molecule has 7 heteroatoms. The normalized spacial score (nSPS) is 12.5. The minimum Gasteiger partial charge on any atom is -0.497 e. The summed E-state index contributed by atoms with van der Waals surface area (Å²) in [4.78, 5) is 12.9. The third kappa shape index (κ3) is 6.49. The number of sulfonamides is 1. The summed E-state index contributed by atoms with van der Waals surface area (Å²) < 4.78 is 31.3. The molecule has 0 fully saturated rings. The molecule has 1 atom stereocenters. The van der Waals surface area contributed by atoms with Crippen LogP contribution in [0.1, 0.15) is 43.0 Å². The van der Waals surface area contributed by atoms with Crippen molar-refractivity contribution in [1.82, 2.24) is 5.32 Å². The van der Waals surface area contributed by atoms with Crippen LogP contribution in [0.4, 0.5) is 5.69 Å². The van der Waals surface area contributed by atoms with Gasteiger partial charge in [0.15, 0.2) is 0 Å². The van der Waals surface area contributed by atoms with Gasteiger partial charge in [-0.3, -0.25) is 9.10 Å². The van der Waals surface area contributed by atoms with Gasteiger partial charge >= 0.3 is 0 Å². The van der Waals surface area contributed by atoms with Crippen molar-refractivity contribution in [3.8, 4) is 5.75 Å². The number of aryl methyl sites for hydroxylation is 2. The quantitative estimate of drug-likeness (QED) is 0.650. The fourth-order valence-electron chi connectivity index (χ4n) is 3.42. The van der Waals surface area contributed by atoms with Gasteiger partial charge in [-0.05, 0) is 55.5 Å². The molecule has 0 aliphatic carbocycles. The Labute approximate surface area is 180 Å². The first-order valence-corrected chi connectivity index (χ1v) is 11.8. The third-order valence-electron chi connectivity index (χ3n) is 4.87. The lowest BCUT2D eigenvalue weighted by Gasteiger charge is -2.26. The van der Waals surface area contributed by atoms with Crippen molar-refractivity contribution in [1.29, 1.82) is 0 Å². The van der Waals surface area contributed by atoms with Crippen molar-refractivity contribution >= 4 is 21.6 Å². The summed E-state index contributed by atoms with van der Waals surface area (Å²) >= 11 is 0. The molecule has 2 rings (SSSR count). The Bertz CT molecular complexity index is 969. The van der Waals surface area contributed by atoms with Crippen LogP contribution in [0.3, 0.4) is 0 Å². The molecule has 0 saturated carbocycles. The first-order valence-electron chi connectivity index (χ1n) is 9.99. The van der Waals surface area contributed by atoms with Crippen LogP contribution in [0, 0.1) is 19.8 Å². The van der Waals surface area contributed by atoms with Gasteiger partial charge < -0.3 is 10.1 Å². The number of benzene rings is 2. The van der Waals surface area contributed by atoms with Crippen molar-refractivity contribution in [3.05, 3.63) is 59.2 Å². The molecule has 2 aromatic carbocycles. The van der Waals surface area contributed by atoms with Crippen LogP contribution in [0.5, 0.6) is 5.75 Å². The molecule has 1 N–H and O–H groups in total. The maximum atomic E-state index is 12.9. The van der Waals surface area contributed by atoms with Gasteiger partial charge in [-0.1, -0.05) is 43.7 Å². The number of methoxy groups -OCH3 is 1. The molecule has 0 heterocycles. The van der Waals surface area contributed by atoms with Gasteiger partial charge in [-0.25, -0.2) is 8.42 Å². The van der Waals surface area contributed by atoms with E-state index in [9.17, 15) is 13.2 Å². The van der Waals surface area contributed by atoms with Crippen molar-refractivity contribution in [3.63, 3.8) is 0 Å². The first-order chi connectivity index (χ1) is 14.0. The molecule has 0 bridgehead atoms. The van der Waals surface area contributed by atoms with Crippen molar-refractivity contribution < 1.29 is 17.9 Å². The van der Waals surface area contributed by atoms with E-state index in [1.54, 1.807) is 13.2 Å². The SMILES string of the molecule is COc1ccc(C(CC(C)C)NC(=O)CN(c2ccc(C)cc2C)S(C)(=O)=O)cc1. The van der Waals surface area contributed by atoms with Crippen LogP contribution in [0.2, 0.25) is 0 Å². The average Bonchev–Trinajstić information content (AvgIpc) is 2.65. The highest BCUT2D eigenvalue weighted by molar-refractivity contribution is 7.92. The summed E-state index contributed by atoms with van der Waals surface area (Å²) in [5.74, 6) is 0.746. The van der Waals surface area contributed by atoms with E-state index in [-0.39, 0.29) is 18.5 Å². The van der Waals surface area contributed by atoms with E-state index in [1.807, 2.05) is 50.2 Å². The molecule has 0 aliphatic heterocycles. The topological polar surface area (TPSA) is 75.7 Å². The monoisotopic (exact) mass is 432 g/mol. The van der Waals surface area contributed by atoms with E-state index < -0.39 is 10.0 Å². The number of hydrogen-bond acceptors (Lipinski definition) is 4. The Hall–Kier alpha value is -2.54. The number of ether oxygens (including phenoxy) is 1. The Morgan fingerprint density at radius 2 is 1.73 bits per heavy atom. The second-order valence-corrected chi connectivity index (χ2v) is 9.99. The molecular weight excluding hydrogens is 400 g/mol. The molecule has 0 aliphatic rings. The smallest absolute Gasteiger partial charge is 0.241 e. The van der Waals surface area contributed by atoms with E-state index in [1.165, 1.54) is 0 Å². The fourth-order valence-corrected chi connectivity index (χ4v) is 4.34. The molecule has 1 amide bonds. The lowest BCUT2D eigenvalue weighted by Crippen LogP contribution is -2.42. The molecule has 0 spiro atoms. The lowest BCUT2D eigenvalue weighted by atomic mass is 9.97. The van der Waals surface area contributed by atoms with Crippen molar-refractivity contribution in [2.75, 3.05) is 24.2 Å². The Morgan fingerprint density at radius 1 is 1.10 bits per heavy atom. The highest BCUT2D eigenvalue weighted by Crippen LogP contribution is 2.25. The molecule has 1 unspecified atom stereocenters. The predicted octanol–water partition coefficient (Wildman–Crippen LogP) is 3.98. The van der Waals surface area contributed by atoms with E-state index in [4.69, 9.17) is 4.74 Å². The highest BCUT2D eigenvalue weighted by Gasteiger charge is 2.24. The lowest BCUT2D eigenvalue weighted by molar-refractivity contribution is -0.120. The molecule has 0 saturated heterocycles. The number of carbonyl (C=O) groups excluding carboxylic acids is 1. The zero-order valence-corrected chi connectivity index (χ0v) is 19.4. The third-order valence-corrected chi connectivity index (χ3v) is 6.00. The second-order valence-electron chi connectivity index (χ2n) is 8.08. The zero-order chi connectivity index (χ0) is 22.5. The number of rotatable bonds is 9. The maximum absolute atomic E-state index is 12.9. The van der Waals surface area contributed by atoms with Crippen LogP contribution in [0.15, 0.2) is 42.5 Å². The minimum atomic E-state index is -3.62. The molecule has 0 radical (unpaired) electrons. The van der Waals surface area contributed by atoms with Gasteiger partial charge in [0.1, 0.15) is 12.3 Å². The minimum absolute atomic E-state index is 0.219. The fraction of sp³-hybridized carbons (Fsp3) is 0.435. The summed E-state index contributed by atoms with van der Waals surface area (Å²) in [6, 6.07) is 12.8. The van der Waals surface area contributed by atoms with Gasteiger partial charge in [0.2, 0.25) is 15.9 Å². The van der Waals surface area contributed by atoms with E-state index in [2.05, 4.69) is 19.2 Å². The molecule has 6 nitrogen and oxygen atoms in total. The summed E-state index contributed by atoms with van der Waals surface area (Å²) in [7, 11) is -2.02. The van der Waals surface area contributed by atoms with Crippen LogP contribution in [-0.4, -0.2) is 34.2 Å². The number of anilines is 1. The van der Waals surface area contributed by atoms with Gasteiger partial charge in [0.25, 0.3) is 0 Å². The highest BCUT2D eigenvalue weighted by atomic mass is 32.2. The molecule has 2 aromatic rings. The van der Waals surface area contributed by atoms with Crippen molar-refractivity contribution in [2.24, 2.45) is 5.92 Å². The van der Waals surface area contributed by atoms with Crippen LogP contribution < -0.4 is 14.4 Å². The number of nitrogens with one attached hydrogen (secondary N) is 1. The second kappa shape index (κ2) is 9.98. The van der Waals surface area contributed by atoms with Gasteiger partial charge in [0.05, 0.1) is 25.1 Å². The Morgan fingerprint density at radius 3 is 2.23 bits per heavy atom. The number of nitrogens with zero attached hydrogens (tertiary/aromatic N) is 1. The number of carbonyl (C=O) groups is 1. The summed E-state index contributed by atoms with van der Waals surface area (Å²) in [6.07, 6.45) is 1.86. The Balaban J connectivity index is 2.25. The van der Waals surface area contributed by atoms with Crippen LogP contribution in [0.25, 0.3) is 0 Å². The summed E-state index contributed by atoms with van der Waals surface area (Å²) in [6.45, 7) is 7.69. The predicted molar refractivity (Wildman–Crippen MR) is 121 cm³/mol. The average molecular weight is 433 g/mol. The van der Waals surface area contributed by atoms with Crippen LogP contribution >= 0.6 is 0 Å². The number of hydrogen-bond donors (Lipinski definition) is 1. The van der Waals surface area contributed by atoms with Gasteiger partial charge in [0, 0.05) is 0 Å². The molecule has 164 valence electrons. The van der Waals surface area contributed by atoms with Crippen LogP contribution in [-0.2, 0) is 14.8 Å². The maximum Gasteiger partial charge on any atom is 0.241 e. The molecule has 0 aromatic heterocycles. The van der Waals surface area contributed by atoms with Gasteiger partial charge in [-0.15, -0.1) is 0 Å². The zero-order valence-electron chi connectivity index (χ0n) is 18.6. The molecular formula is C23H32N2O4S. The van der Waals surface area contributed by atoms with E-state index in [0.29, 0.717) is 11.6 Å². The first kappa shape index (κ1) is 23.7. The standard InChI is InChI=1S/C23H32N2O4S/c1-16(2)13-21(19-8-10-20(29-5)11-9-19)24-23(26)15-25(30(6,27)28)22-12-7-17(3)14-18(22)4/h7-12,14,16,21H,13,15H2,1-6H3,(H,24,26). The van der Waals surface area contributed by atoms with Gasteiger partial charge in [-0.2, -0.15) is 0 Å². The summed E-state index contributed by atoms with van der Waals surface area (Å²) in [5, 5.41) is 3.02. The van der Waals surface area contributed by atoms with E-state index in [0.717, 1.165) is 39.4 Å². The van der Waals surface area contributed by atoms with Crippen molar-refractivity contribution in [2.45, 2.75) is 40.2 Å². The molecule has 30 heavy (non-hydrogen) atoms. The van der Waals surface area contributed by atoms with E-state index >= 15 is 0 Å². The number of amides is 1. The largest absolute Gasteiger partial charge is 0.497 e.